The van der Waals surface area contributed by atoms with E-state index >= 15 is 0 Å². The number of pyridine rings is 1. The van der Waals surface area contributed by atoms with E-state index in [9.17, 15) is 9.90 Å². The molecule has 0 spiro atoms. The number of fused-ring (bicyclic) bond motifs is 1. The van der Waals surface area contributed by atoms with Crippen LogP contribution in [0.15, 0.2) is 42.7 Å². The summed E-state index contributed by atoms with van der Waals surface area (Å²) < 4.78 is 0. The van der Waals surface area contributed by atoms with Gasteiger partial charge in [-0.1, -0.05) is 6.07 Å². The number of H-pyrrole nitrogens is 1. The number of aromatic hydroxyl groups is 1. The molecule has 3 N–H and O–H groups in total. The Labute approximate surface area is 146 Å². The van der Waals surface area contributed by atoms with Gasteiger partial charge in [-0.3, -0.25) is 9.78 Å². The zero-order valence-electron chi connectivity index (χ0n) is 14.4. The molecular weight excluding hydrogens is 316 g/mol. The number of nitrogens with zero attached hydrogens (tertiary/aromatic N) is 2. The van der Waals surface area contributed by atoms with Crippen molar-refractivity contribution in [2.75, 3.05) is 27.2 Å². The minimum atomic E-state index is -0.128. The van der Waals surface area contributed by atoms with E-state index in [2.05, 4.69) is 20.2 Å². The van der Waals surface area contributed by atoms with Gasteiger partial charge in [0.2, 0.25) is 0 Å². The second-order valence-corrected chi connectivity index (χ2v) is 6.29. The van der Waals surface area contributed by atoms with Gasteiger partial charge in [-0.2, -0.15) is 0 Å². The standard InChI is InChI=1S/C19H22N4O2/c1-23(2)8-4-7-21-19(25)16-10-15(12-22-16)14-9-13-5-3-6-20-18(13)17(24)11-14/h3,5-6,9-12,22,24H,4,7-8H2,1-2H3,(H,21,25). The van der Waals surface area contributed by atoms with Crippen molar-refractivity contribution in [3.63, 3.8) is 0 Å². The molecule has 0 atom stereocenters. The summed E-state index contributed by atoms with van der Waals surface area (Å²) in [5, 5.41) is 13.9. The molecule has 2 aromatic heterocycles. The lowest BCUT2D eigenvalue weighted by atomic mass is 10.0. The highest BCUT2D eigenvalue weighted by Crippen LogP contribution is 2.30. The van der Waals surface area contributed by atoms with Crippen LogP contribution in [-0.2, 0) is 0 Å². The van der Waals surface area contributed by atoms with E-state index in [4.69, 9.17) is 0 Å². The molecule has 3 aromatic rings. The first kappa shape index (κ1) is 17.0. The molecule has 0 saturated heterocycles. The second kappa shape index (κ2) is 7.36. The summed E-state index contributed by atoms with van der Waals surface area (Å²) in [7, 11) is 4.02. The number of amides is 1. The number of phenolic OH excluding ortho intramolecular Hbond substituents is 1. The highest BCUT2D eigenvalue weighted by atomic mass is 16.3. The van der Waals surface area contributed by atoms with Gasteiger partial charge in [0.05, 0.1) is 0 Å². The van der Waals surface area contributed by atoms with Crippen molar-refractivity contribution in [3.05, 3.63) is 48.4 Å². The minimum Gasteiger partial charge on any atom is -0.506 e. The van der Waals surface area contributed by atoms with Gasteiger partial charge in [0.1, 0.15) is 17.0 Å². The van der Waals surface area contributed by atoms with Crippen molar-refractivity contribution in [1.29, 1.82) is 0 Å². The Bertz CT molecular complexity index is 886. The first-order chi connectivity index (χ1) is 12.0. The van der Waals surface area contributed by atoms with Crippen LogP contribution in [0.5, 0.6) is 5.75 Å². The van der Waals surface area contributed by atoms with Crippen LogP contribution in [0.4, 0.5) is 0 Å². The number of carbonyl (C=O) groups is 1. The molecule has 6 heteroatoms. The van der Waals surface area contributed by atoms with Gasteiger partial charge in [-0.25, -0.2) is 0 Å². The molecule has 130 valence electrons. The van der Waals surface area contributed by atoms with Gasteiger partial charge in [-0.15, -0.1) is 0 Å². The fraction of sp³-hybridized carbons (Fsp3) is 0.263. The molecule has 1 amide bonds. The fourth-order valence-electron chi connectivity index (χ4n) is 2.72. The van der Waals surface area contributed by atoms with E-state index in [-0.39, 0.29) is 11.7 Å². The second-order valence-electron chi connectivity index (χ2n) is 6.29. The van der Waals surface area contributed by atoms with Crippen LogP contribution in [0, 0.1) is 0 Å². The van der Waals surface area contributed by atoms with E-state index in [0.29, 0.717) is 17.8 Å². The molecule has 6 nitrogen and oxygen atoms in total. The van der Waals surface area contributed by atoms with Crippen LogP contribution in [0.25, 0.3) is 22.0 Å². The van der Waals surface area contributed by atoms with Gasteiger partial charge in [0.15, 0.2) is 0 Å². The van der Waals surface area contributed by atoms with Gasteiger partial charge >= 0.3 is 0 Å². The van der Waals surface area contributed by atoms with Crippen molar-refractivity contribution < 1.29 is 9.90 Å². The fourth-order valence-corrected chi connectivity index (χ4v) is 2.72. The third-order valence-corrected chi connectivity index (χ3v) is 4.01. The normalized spacial score (nSPS) is 11.2. The van der Waals surface area contributed by atoms with Crippen LogP contribution in [-0.4, -0.2) is 53.1 Å². The summed E-state index contributed by atoms with van der Waals surface area (Å²) in [5.41, 5.74) is 2.76. The van der Waals surface area contributed by atoms with Crippen molar-refractivity contribution in [3.8, 4) is 16.9 Å². The minimum absolute atomic E-state index is 0.128. The van der Waals surface area contributed by atoms with Crippen molar-refractivity contribution in [2.45, 2.75) is 6.42 Å². The molecule has 2 heterocycles. The molecular formula is C19H22N4O2. The lowest BCUT2D eigenvalue weighted by molar-refractivity contribution is 0.0948. The number of benzene rings is 1. The number of rotatable bonds is 6. The maximum absolute atomic E-state index is 12.2. The van der Waals surface area contributed by atoms with Gasteiger partial charge < -0.3 is 20.3 Å². The predicted molar refractivity (Wildman–Crippen MR) is 98.7 cm³/mol. The Morgan fingerprint density at radius 1 is 1.28 bits per heavy atom. The third kappa shape index (κ3) is 3.97. The van der Waals surface area contributed by atoms with E-state index in [1.165, 1.54) is 0 Å². The number of hydrogen-bond acceptors (Lipinski definition) is 4. The highest BCUT2D eigenvalue weighted by molar-refractivity contribution is 5.95. The molecule has 1 aromatic carbocycles. The quantitative estimate of drug-likeness (QED) is 0.604. The summed E-state index contributed by atoms with van der Waals surface area (Å²) in [6.45, 7) is 1.56. The molecule has 25 heavy (non-hydrogen) atoms. The van der Waals surface area contributed by atoms with Crippen molar-refractivity contribution >= 4 is 16.8 Å². The highest BCUT2D eigenvalue weighted by Gasteiger charge is 2.11. The average Bonchev–Trinajstić information content (AvgIpc) is 3.08. The molecule has 0 aliphatic heterocycles. The number of hydrogen-bond donors (Lipinski definition) is 3. The number of nitrogens with one attached hydrogen (secondary N) is 2. The van der Waals surface area contributed by atoms with Crippen molar-refractivity contribution in [1.82, 2.24) is 20.2 Å². The molecule has 3 rings (SSSR count). The predicted octanol–water partition coefficient (Wildman–Crippen LogP) is 2.62. The molecule has 0 fully saturated rings. The van der Waals surface area contributed by atoms with Gasteiger partial charge in [0, 0.05) is 29.9 Å². The van der Waals surface area contributed by atoms with Crippen LogP contribution in [0.1, 0.15) is 16.9 Å². The Kier molecular flexibility index (Phi) is 5.00. The first-order valence-electron chi connectivity index (χ1n) is 8.24. The average molecular weight is 338 g/mol. The topological polar surface area (TPSA) is 81.2 Å². The van der Waals surface area contributed by atoms with Crippen molar-refractivity contribution in [2.24, 2.45) is 0 Å². The molecule has 0 aliphatic rings. The lowest BCUT2D eigenvalue weighted by Gasteiger charge is -2.09. The Morgan fingerprint density at radius 2 is 2.12 bits per heavy atom. The van der Waals surface area contributed by atoms with Crippen LogP contribution < -0.4 is 5.32 Å². The Morgan fingerprint density at radius 3 is 2.92 bits per heavy atom. The zero-order chi connectivity index (χ0) is 17.8. The van der Waals surface area contributed by atoms with E-state index in [0.717, 1.165) is 29.5 Å². The zero-order valence-corrected chi connectivity index (χ0v) is 14.4. The summed E-state index contributed by atoms with van der Waals surface area (Å²) in [6, 6.07) is 9.13. The maximum Gasteiger partial charge on any atom is 0.267 e. The molecule has 0 radical (unpaired) electrons. The first-order valence-corrected chi connectivity index (χ1v) is 8.24. The Hall–Kier alpha value is -2.86. The van der Waals surface area contributed by atoms with Crippen LogP contribution >= 0.6 is 0 Å². The van der Waals surface area contributed by atoms with Crippen LogP contribution in [0.2, 0.25) is 0 Å². The number of phenols is 1. The molecule has 0 unspecified atom stereocenters. The largest absolute Gasteiger partial charge is 0.506 e. The Balaban J connectivity index is 1.74. The third-order valence-electron chi connectivity index (χ3n) is 4.01. The van der Waals surface area contributed by atoms with Gasteiger partial charge in [-0.05, 0) is 56.9 Å². The summed E-state index contributed by atoms with van der Waals surface area (Å²) in [6.07, 6.45) is 4.32. The number of carbonyl (C=O) groups excluding carboxylic acids is 1. The van der Waals surface area contributed by atoms with E-state index in [1.54, 1.807) is 24.5 Å². The number of aromatic nitrogens is 2. The van der Waals surface area contributed by atoms with E-state index < -0.39 is 0 Å². The maximum atomic E-state index is 12.2. The summed E-state index contributed by atoms with van der Waals surface area (Å²) in [5.74, 6) is 0.000621. The molecule has 0 saturated carbocycles. The van der Waals surface area contributed by atoms with Crippen LogP contribution in [0.3, 0.4) is 0 Å². The lowest BCUT2D eigenvalue weighted by Crippen LogP contribution is -2.27. The molecule has 0 aliphatic carbocycles. The summed E-state index contributed by atoms with van der Waals surface area (Å²) in [4.78, 5) is 21.5. The smallest absolute Gasteiger partial charge is 0.267 e. The summed E-state index contributed by atoms with van der Waals surface area (Å²) >= 11 is 0. The molecule has 0 bridgehead atoms. The SMILES string of the molecule is CN(C)CCCNC(=O)c1cc(-c2cc(O)c3ncccc3c2)c[nH]1. The number of aromatic amines is 1. The monoisotopic (exact) mass is 338 g/mol. The van der Waals surface area contributed by atoms with Gasteiger partial charge in [0.25, 0.3) is 5.91 Å². The van der Waals surface area contributed by atoms with E-state index in [1.807, 2.05) is 32.3 Å².